The van der Waals surface area contributed by atoms with E-state index >= 15 is 8.78 Å². The molecule has 0 saturated carbocycles. The minimum atomic E-state index is -5.77. The fourth-order valence-corrected chi connectivity index (χ4v) is 3.35. The number of nitrogens with zero attached hydrogens (tertiary/aromatic N) is 3. The van der Waals surface area contributed by atoms with Crippen molar-refractivity contribution in [1.29, 1.82) is 0 Å². The number of benzene rings is 1. The molecule has 2 heterocycles. The quantitative estimate of drug-likeness (QED) is 0.429. The molecular weight excluding hydrogens is 528 g/mol. The molecule has 0 spiro atoms. The van der Waals surface area contributed by atoms with Gasteiger partial charge in [-0.2, -0.15) is 26.9 Å². The third-order valence-corrected chi connectivity index (χ3v) is 5.14. The molecular formula is C19H12BrF6N3O4. The predicted molar refractivity (Wildman–Crippen MR) is 103 cm³/mol. The van der Waals surface area contributed by atoms with Gasteiger partial charge in [-0.15, -0.1) is 0 Å². The molecule has 0 bridgehead atoms. The number of amidine groups is 1. The summed E-state index contributed by atoms with van der Waals surface area (Å²) >= 11 is 2.82. The lowest BCUT2D eigenvalue weighted by Crippen LogP contribution is -2.63. The number of carbonyl (C=O) groups excluding carboxylic acids is 1. The summed E-state index contributed by atoms with van der Waals surface area (Å²) in [5.74, 6) is -7.84. The second-order valence-corrected chi connectivity index (χ2v) is 7.70. The van der Waals surface area contributed by atoms with Gasteiger partial charge in [0.05, 0.1) is 0 Å². The molecule has 7 nitrogen and oxygen atoms in total. The summed E-state index contributed by atoms with van der Waals surface area (Å²) in [6, 6.07) is 6.43. The summed E-state index contributed by atoms with van der Waals surface area (Å²) < 4.78 is 89.6. The number of alkyl halides is 5. The average Bonchev–Trinajstić information content (AvgIpc) is 2.71. The Labute approximate surface area is 189 Å². The van der Waals surface area contributed by atoms with Gasteiger partial charge in [-0.05, 0) is 47.1 Å². The van der Waals surface area contributed by atoms with Crippen LogP contribution in [0.1, 0.15) is 23.0 Å². The van der Waals surface area contributed by atoms with Crippen molar-refractivity contribution in [2.75, 3.05) is 0 Å². The molecule has 2 amide bonds. The maximum absolute atomic E-state index is 15.1. The molecule has 2 atom stereocenters. The number of ether oxygens (including phenoxy) is 1. The van der Waals surface area contributed by atoms with Crippen LogP contribution in [0.4, 0.5) is 31.1 Å². The Morgan fingerprint density at radius 3 is 2.30 bits per heavy atom. The van der Waals surface area contributed by atoms with E-state index in [1.54, 1.807) is 0 Å². The standard InChI is InChI=1S/C19H12BrF6N3O4/c1-17(12-10(21)7-8-11(20)27-12)18(22,23)14(19(24,25)26)33-15(28-17)29(16(31)32)13(30)9-5-3-2-4-6-9/h2-8,14H,1H3,(H,31,32)/t14-,17+/m0/s1. The lowest BCUT2D eigenvalue weighted by atomic mass is 9.84. The van der Waals surface area contributed by atoms with Crippen molar-refractivity contribution < 1.29 is 45.8 Å². The second-order valence-electron chi connectivity index (χ2n) is 6.88. The number of carbonyl (C=O) groups is 2. The molecule has 1 aliphatic heterocycles. The molecule has 2 aromatic rings. The Hall–Kier alpha value is -3.16. The number of carboxylic acid groups (broad SMARTS) is 1. The van der Waals surface area contributed by atoms with E-state index in [1.807, 2.05) is 0 Å². The molecule has 1 aromatic heterocycles. The van der Waals surface area contributed by atoms with Gasteiger partial charge >= 0.3 is 24.2 Å². The van der Waals surface area contributed by atoms with Gasteiger partial charge < -0.3 is 9.84 Å². The van der Waals surface area contributed by atoms with Crippen molar-refractivity contribution in [2.45, 2.75) is 30.7 Å². The zero-order chi connectivity index (χ0) is 24.8. The highest BCUT2D eigenvalue weighted by atomic mass is 79.9. The van der Waals surface area contributed by atoms with E-state index in [9.17, 15) is 32.3 Å². The van der Waals surface area contributed by atoms with E-state index in [4.69, 9.17) is 0 Å². The van der Waals surface area contributed by atoms with Gasteiger partial charge in [-0.1, -0.05) is 18.2 Å². The predicted octanol–water partition coefficient (Wildman–Crippen LogP) is 4.97. The van der Waals surface area contributed by atoms with Crippen LogP contribution in [0.2, 0.25) is 0 Å². The Balaban J connectivity index is 2.28. The first-order chi connectivity index (χ1) is 15.2. The number of rotatable bonds is 2. The molecule has 0 radical (unpaired) electrons. The third-order valence-electron chi connectivity index (χ3n) is 4.70. The fraction of sp³-hybridized carbons (Fsp3) is 0.263. The van der Waals surface area contributed by atoms with E-state index in [-0.39, 0.29) is 15.1 Å². The summed E-state index contributed by atoms with van der Waals surface area (Å²) in [6.45, 7) is 0.430. The van der Waals surface area contributed by atoms with E-state index in [0.717, 1.165) is 18.2 Å². The van der Waals surface area contributed by atoms with Crippen LogP contribution in [0, 0.1) is 5.82 Å². The van der Waals surface area contributed by atoms with Crippen molar-refractivity contribution in [3.63, 3.8) is 0 Å². The minimum absolute atomic E-state index is 0.210. The Morgan fingerprint density at radius 2 is 1.76 bits per heavy atom. The van der Waals surface area contributed by atoms with Crippen LogP contribution in [-0.2, 0) is 10.3 Å². The first-order valence-corrected chi connectivity index (χ1v) is 9.65. The van der Waals surface area contributed by atoms with Gasteiger partial charge in [-0.3, -0.25) is 4.79 Å². The Morgan fingerprint density at radius 1 is 1.15 bits per heavy atom. The van der Waals surface area contributed by atoms with Gasteiger partial charge in [0.25, 0.3) is 12.0 Å². The number of amides is 2. The zero-order valence-corrected chi connectivity index (χ0v) is 17.9. The lowest BCUT2D eigenvalue weighted by molar-refractivity contribution is -0.289. The number of hydrogen-bond acceptors (Lipinski definition) is 5. The number of hydrogen-bond donors (Lipinski definition) is 1. The summed E-state index contributed by atoms with van der Waals surface area (Å²) in [7, 11) is 0. The van der Waals surface area contributed by atoms with Crippen LogP contribution < -0.4 is 0 Å². The first-order valence-electron chi connectivity index (χ1n) is 8.86. The molecule has 3 rings (SSSR count). The zero-order valence-electron chi connectivity index (χ0n) is 16.3. The van der Waals surface area contributed by atoms with E-state index in [2.05, 4.69) is 30.6 Å². The summed E-state index contributed by atoms with van der Waals surface area (Å²) in [4.78, 5) is 30.9. The smallest absolute Gasteiger partial charge is 0.431 e. The fourth-order valence-electron chi connectivity index (χ4n) is 3.04. The number of aliphatic imine (C=N–C) groups is 1. The number of halogens is 7. The highest BCUT2D eigenvalue weighted by molar-refractivity contribution is 9.10. The topological polar surface area (TPSA) is 92.1 Å². The SMILES string of the molecule is C[C@]1(c2nc(Br)ccc2F)N=C(N(C(=O)O)C(=O)c2ccccc2)O[C@H](C(F)(F)F)C1(F)F. The summed E-state index contributed by atoms with van der Waals surface area (Å²) in [5.41, 5.74) is -4.96. The van der Waals surface area contributed by atoms with Crippen LogP contribution in [-0.4, -0.2) is 51.2 Å². The van der Waals surface area contributed by atoms with Crippen molar-refractivity contribution in [3.8, 4) is 0 Å². The van der Waals surface area contributed by atoms with Crippen LogP contribution in [0.25, 0.3) is 0 Å². The summed E-state index contributed by atoms with van der Waals surface area (Å²) in [6.07, 6.45) is -11.9. The van der Waals surface area contributed by atoms with Gasteiger partial charge in [0.15, 0.2) is 5.54 Å². The van der Waals surface area contributed by atoms with Crippen molar-refractivity contribution in [3.05, 3.63) is 64.1 Å². The van der Waals surface area contributed by atoms with Crippen LogP contribution in [0.15, 0.2) is 52.1 Å². The van der Waals surface area contributed by atoms with E-state index in [0.29, 0.717) is 13.0 Å². The monoisotopic (exact) mass is 539 g/mol. The van der Waals surface area contributed by atoms with Crippen molar-refractivity contribution in [2.24, 2.45) is 4.99 Å². The highest BCUT2D eigenvalue weighted by Crippen LogP contribution is 2.51. The van der Waals surface area contributed by atoms with E-state index < -0.39 is 53.3 Å². The van der Waals surface area contributed by atoms with Gasteiger partial charge in [-0.25, -0.2) is 19.2 Å². The molecule has 1 aromatic carbocycles. The molecule has 14 heteroatoms. The Kier molecular flexibility index (Phi) is 6.17. The van der Waals surface area contributed by atoms with Crippen LogP contribution >= 0.6 is 15.9 Å². The maximum atomic E-state index is 15.1. The lowest BCUT2D eigenvalue weighted by Gasteiger charge is -2.43. The second kappa shape index (κ2) is 8.32. The average molecular weight is 540 g/mol. The highest BCUT2D eigenvalue weighted by Gasteiger charge is 2.71. The number of aromatic nitrogens is 1. The van der Waals surface area contributed by atoms with Crippen molar-refractivity contribution in [1.82, 2.24) is 9.88 Å². The molecule has 1 N–H and O–H groups in total. The van der Waals surface area contributed by atoms with E-state index in [1.165, 1.54) is 18.2 Å². The number of pyridine rings is 1. The van der Waals surface area contributed by atoms with Crippen LogP contribution in [0.5, 0.6) is 0 Å². The molecule has 0 saturated heterocycles. The van der Waals surface area contributed by atoms with Gasteiger partial charge in [0.1, 0.15) is 16.1 Å². The molecule has 176 valence electrons. The van der Waals surface area contributed by atoms with Gasteiger partial charge in [0.2, 0.25) is 0 Å². The first kappa shape index (κ1) is 24.5. The molecule has 0 aliphatic carbocycles. The normalized spacial score (nSPS) is 22.2. The molecule has 0 fully saturated rings. The molecule has 1 aliphatic rings. The Bertz CT molecular complexity index is 1130. The summed E-state index contributed by atoms with van der Waals surface area (Å²) in [5, 5.41) is 9.49. The molecule has 33 heavy (non-hydrogen) atoms. The van der Waals surface area contributed by atoms with Gasteiger partial charge in [0, 0.05) is 5.56 Å². The van der Waals surface area contributed by atoms with Crippen LogP contribution in [0.3, 0.4) is 0 Å². The minimum Gasteiger partial charge on any atom is -0.464 e. The molecule has 0 unspecified atom stereocenters. The number of imide groups is 1. The largest absolute Gasteiger partial charge is 0.464 e. The van der Waals surface area contributed by atoms with Crippen molar-refractivity contribution >= 4 is 34.0 Å². The maximum Gasteiger partial charge on any atom is 0.431 e. The third kappa shape index (κ3) is 4.26.